The summed E-state index contributed by atoms with van der Waals surface area (Å²) in [6, 6.07) is -0.750. The van der Waals surface area contributed by atoms with Gasteiger partial charge >= 0.3 is 0 Å². The van der Waals surface area contributed by atoms with Crippen molar-refractivity contribution in [3.05, 3.63) is 12.4 Å². The molecule has 0 aliphatic heterocycles. The smallest absolute Gasteiger partial charge is 0.243 e. The Hall–Kier alpha value is -1.93. The summed E-state index contributed by atoms with van der Waals surface area (Å²) >= 11 is 0. The molecule has 1 rings (SSSR count). The number of carbonyl (C=O) groups excluding carboxylic acids is 2. The van der Waals surface area contributed by atoms with E-state index in [0.29, 0.717) is 5.69 Å². The molecule has 94 valence electrons. The zero-order valence-corrected chi connectivity index (χ0v) is 9.42. The van der Waals surface area contributed by atoms with Gasteiger partial charge in [0.15, 0.2) is 0 Å². The Bertz CT molecular complexity index is 403. The Kier molecular flexibility index (Phi) is 4.61. The highest BCUT2D eigenvalue weighted by molar-refractivity contribution is 5.94. The van der Waals surface area contributed by atoms with Crippen LogP contribution in [0.5, 0.6) is 0 Å². The quantitative estimate of drug-likeness (QED) is 0.546. The first-order valence-electron chi connectivity index (χ1n) is 4.89. The van der Waals surface area contributed by atoms with E-state index in [-0.39, 0.29) is 19.1 Å². The third kappa shape index (κ3) is 4.21. The Labute approximate surface area is 97.9 Å². The summed E-state index contributed by atoms with van der Waals surface area (Å²) in [7, 11) is 1.46. The predicted octanol–water partition coefficient (Wildman–Crippen LogP) is -1.72. The number of methoxy groups -OCH3 is 1. The molecule has 0 fully saturated rings. The first-order chi connectivity index (χ1) is 8.02. The number of amides is 2. The Morgan fingerprint density at radius 2 is 2.35 bits per heavy atom. The first kappa shape index (κ1) is 13.1. The molecule has 0 aromatic carbocycles. The molecule has 1 atom stereocenters. The number of aromatic nitrogens is 2. The van der Waals surface area contributed by atoms with Crippen molar-refractivity contribution in [3.63, 3.8) is 0 Å². The van der Waals surface area contributed by atoms with Crippen molar-refractivity contribution in [3.8, 4) is 0 Å². The summed E-state index contributed by atoms with van der Waals surface area (Å²) < 4.78 is 6.07. The number of ether oxygens (including phenoxy) is 1. The number of hydrogen-bond donors (Lipinski definition) is 3. The molecule has 0 bridgehead atoms. The van der Waals surface area contributed by atoms with Crippen LogP contribution >= 0.6 is 0 Å². The van der Waals surface area contributed by atoms with Gasteiger partial charge in [0.2, 0.25) is 11.8 Å². The molecule has 1 aromatic heterocycles. The number of nitrogens with zero attached hydrogens (tertiary/aromatic N) is 2. The van der Waals surface area contributed by atoms with Gasteiger partial charge in [-0.1, -0.05) is 0 Å². The summed E-state index contributed by atoms with van der Waals surface area (Å²) in [5, 5.41) is 6.38. The molecule has 1 aromatic rings. The Morgan fingerprint density at radius 1 is 1.65 bits per heavy atom. The van der Waals surface area contributed by atoms with Crippen LogP contribution in [0.3, 0.4) is 0 Å². The van der Waals surface area contributed by atoms with E-state index in [4.69, 9.17) is 16.2 Å². The molecular weight excluding hydrogens is 226 g/mol. The van der Waals surface area contributed by atoms with Gasteiger partial charge in [-0.15, -0.1) is 0 Å². The van der Waals surface area contributed by atoms with Gasteiger partial charge in [0.25, 0.3) is 0 Å². The molecule has 1 heterocycles. The minimum absolute atomic E-state index is 0.0417. The molecule has 1 unspecified atom stereocenters. The lowest BCUT2D eigenvalue weighted by atomic mass is 10.3. The van der Waals surface area contributed by atoms with Crippen LogP contribution in [0.1, 0.15) is 0 Å². The van der Waals surface area contributed by atoms with Crippen molar-refractivity contribution in [1.82, 2.24) is 9.78 Å². The topological polar surface area (TPSA) is 125 Å². The van der Waals surface area contributed by atoms with E-state index < -0.39 is 11.9 Å². The highest BCUT2D eigenvalue weighted by atomic mass is 16.5. The van der Waals surface area contributed by atoms with Crippen LogP contribution in [0.15, 0.2) is 12.4 Å². The molecule has 2 amide bonds. The van der Waals surface area contributed by atoms with Crippen molar-refractivity contribution in [2.24, 2.45) is 11.5 Å². The molecule has 8 heteroatoms. The van der Waals surface area contributed by atoms with E-state index in [9.17, 15) is 9.59 Å². The summed E-state index contributed by atoms with van der Waals surface area (Å²) in [5.74, 6) is -0.896. The number of nitrogens with one attached hydrogen (secondary N) is 1. The number of carbonyl (C=O) groups is 2. The summed E-state index contributed by atoms with van der Waals surface area (Å²) in [4.78, 5) is 22.1. The highest BCUT2D eigenvalue weighted by Gasteiger charge is 2.13. The zero-order chi connectivity index (χ0) is 12.8. The molecule has 0 saturated carbocycles. The van der Waals surface area contributed by atoms with Crippen LogP contribution in [0.25, 0.3) is 0 Å². The molecule has 5 N–H and O–H groups in total. The Balaban J connectivity index is 2.54. The van der Waals surface area contributed by atoms with E-state index in [1.54, 1.807) is 0 Å². The molecule has 17 heavy (non-hydrogen) atoms. The second-order valence-electron chi connectivity index (χ2n) is 3.44. The molecule has 0 saturated heterocycles. The van der Waals surface area contributed by atoms with Crippen molar-refractivity contribution in [2.75, 3.05) is 19.0 Å². The standard InChI is InChI=1S/C9H15N5O3/c1-17-5-7(10)9(16)13-6-2-12-14(3-6)4-8(11)15/h2-3,7H,4-5,10H2,1H3,(H2,11,15)(H,13,16). The van der Waals surface area contributed by atoms with Gasteiger partial charge in [-0.05, 0) is 0 Å². The van der Waals surface area contributed by atoms with E-state index >= 15 is 0 Å². The number of nitrogens with two attached hydrogens (primary N) is 2. The maximum atomic E-state index is 11.5. The van der Waals surface area contributed by atoms with Crippen LogP contribution in [0.4, 0.5) is 5.69 Å². The Morgan fingerprint density at radius 3 is 2.94 bits per heavy atom. The van der Waals surface area contributed by atoms with Gasteiger partial charge in [-0.3, -0.25) is 14.3 Å². The second kappa shape index (κ2) is 5.97. The number of hydrogen-bond acceptors (Lipinski definition) is 5. The molecule has 8 nitrogen and oxygen atoms in total. The van der Waals surface area contributed by atoms with Crippen molar-refractivity contribution in [2.45, 2.75) is 12.6 Å². The molecule has 0 spiro atoms. The monoisotopic (exact) mass is 241 g/mol. The molecule has 0 aliphatic rings. The fraction of sp³-hybridized carbons (Fsp3) is 0.444. The lowest BCUT2D eigenvalue weighted by Crippen LogP contribution is -2.39. The van der Waals surface area contributed by atoms with Crippen LogP contribution < -0.4 is 16.8 Å². The van der Waals surface area contributed by atoms with Crippen molar-refractivity contribution >= 4 is 17.5 Å². The largest absolute Gasteiger partial charge is 0.383 e. The normalized spacial score (nSPS) is 12.1. The van der Waals surface area contributed by atoms with E-state index in [2.05, 4.69) is 10.4 Å². The lowest BCUT2D eigenvalue weighted by Gasteiger charge is -2.09. The van der Waals surface area contributed by atoms with Crippen LogP contribution in [0, 0.1) is 0 Å². The van der Waals surface area contributed by atoms with Crippen LogP contribution in [-0.2, 0) is 20.9 Å². The fourth-order valence-corrected chi connectivity index (χ4v) is 1.16. The molecule has 0 radical (unpaired) electrons. The lowest BCUT2D eigenvalue weighted by molar-refractivity contribution is -0.119. The fourth-order valence-electron chi connectivity index (χ4n) is 1.16. The van der Waals surface area contributed by atoms with E-state index in [1.807, 2.05) is 0 Å². The van der Waals surface area contributed by atoms with E-state index in [0.717, 1.165) is 0 Å². The zero-order valence-electron chi connectivity index (χ0n) is 9.42. The third-order valence-electron chi connectivity index (χ3n) is 1.90. The first-order valence-corrected chi connectivity index (χ1v) is 4.89. The average Bonchev–Trinajstić information content (AvgIpc) is 2.64. The van der Waals surface area contributed by atoms with Gasteiger partial charge in [-0.25, -0.2) is 0 Å². The third-order valence-corrected chi connectivity index (χ3v) is 1.90. The number of primary amides is 1. The van der Waals surface area contributed by atoms with Gasteiger partial charge in [-0.2, -0.15) is 5.10 Å². The van der Waals surface area contributed by atoms with Gasteiger partial charge < -0.3 is 21.5 Å². The summed E-state index contributed by atoms with van der Waals surface area (Å²) in [6.45, 7) is 0.0846. The highest BCUT2D eigenvalue weighted by Crippen LogP contribution is 2.04. The van der Waals surface area contributed by atoms with Crippen molar-refractivity contribution in [1.29, 1.82) is 0 Å². The molecule has 0 aliphatic carbocycles. The van der Waals surface area contributed by atoms with Crippen LogP contribution in [0.2, 0.25) is 0 Å². The average molecular weight is 241 g/mol. The van der Waals surface area contributed by atoms with E-state index in [1.165, 1.54) is 24.2 Å². The summed E-state index contributed by atoms with van der Waals surface area (Å²) in [5.41, 5.74) is 11.0. The number of anilines is 1. The van der Waals surface area contributed by atoms with Gasteiger partial charge in [0, 0.05) is 13.3 Å². The second-order valence-corrected chi connectivity index (χ2v) is 3.44. The maximum absolute atomic E-state index is 11.5. The minimum atomic E-state index is -0.750. The van der Waals surface area contributed by atoms with Crippen LogP contribution in [-0.4, -0.2) is 41.4 Å². The van der Waals surface area contributed by atoms with Crippen molar-refractivity contribution < 1.29 is 14.3 Å². The SMILES string of the molecule is COCC(N)C(=O)Nc1cnn(CC(N)=O)c1. The molecular formula is C9H15N5O3. The predicted molar refractivity (Wildman–Crippen MR) is 59.9 cm³/mol. The number of rotatable bonds is 6. The van der Waals surface area contributed by atoms with Gasteiger partial charge in [0.1, 0.15) is 12.6 Å². The summed E-state index contributed by atoms with van der Waals surface area (Å²) in [6.07, 6.45) is 2.89. The minimum Gasteiger partial charge on any atom is -0.383 e. The maximum Gasteiger partial charge on any atom is 0.243 e. The van der Waals surface area contributed by atoms with Gasteiger partial charge in [0.05, 0.1) is 18.5 Å².